The Hall–Kier alpha value is -3.06. The number of ether oxygens (including phenoxy) is 3. The Bertz CT molecular complexity index is 1020. The van der Waals surface area contributed by atoms with Crippen LogP contribution in [0.15, 0.2) is 48.2 Å². The van der Waals surface area contributed by atoms with E-state index in [-0.39, 0.29) is 11.9 Å². The van der Waals surface area contributed by atoms with Gasteiger partial charge in [0.15, 0.2) is 16.6 Å². The second-order valence-electron chi connectivity index (χ2n) is 7.40. The van der Waals surface area contributed by atoms with E-state index in [4.69, 9.17) is 26.4 Å². The second kappa shape index (κ2) is 9.39. The topological polar surface area (TPSA) is 60.0 Å². The molecule has 2 aliphatic rings. The van der Waals surface area contributed by atoms with Gasteiger partial charge in [-0.3, -0.25) is 9.69 Å². The van der Waals surface area contributed by atoms with Crippen LogP contribution in [0.2, 0.25) is 0 Å². The van der Waals surface area contributed by atoms with Gasteiger partial charge in [-0.2, -0.15) is 0 Å². The summed E-state index contributed by atoms with van der Waals surface area (Å²) in [5, 5.41) is 3.53. The van der Waals surface area contributed by atoms with Crippen molar-refractivity contribution in [3.05, 3.63) is 59.3 Å². The standard InChI is InChI=1S/C24H26N2O4S/c1-3-28-21-11-8-17(14-22(21)29-4-2)15-30-19-7-5-6-16(12-19)13-20-23(27)26(18-9-10-18)24(31)25-20/h5-8,11-14,18H,3-4,9-10,15H2,1-2H3,(H,25,31)/b20-13+. The molecule has 7 heteroatoms. The third-order valence-corrected chi connectivity index (χ3v) is 5.30. The van der Waals surface area contributed by atoms with Crippen LogP contribution in [0.1, 0.15) is 37.8 Å². The summed E-state index contributed by atoms with van der Waals surface area (Å²) in [5.74, 6) is 2.10. The molecule has 0 unspecified atom stereocenters. The first kappa shape index (κ1) is 21.2. The molecule has 1 N–H and O–H groups in total. The van der Waals surface area contributed by atoms with Gasteiger partial charge in [-0.1, -0.05) is 18.2 Å². The van der Waals surface area contributed by atoms with Crippen molar-refractivity contribution in [1.82, 2.24) is 10.2 Å². The minimum atomic E-state index is -0.0586. The van der Waals surface area contributed by atoms with Gasteiger partial charge in [0.05, 0.1) is 13.2 Å². The van der Waals surface area contributed by atoms with Gasteiger partial charge in [-0.25, -0.2) is 0 Å². The largest absolute Gasteiger partial charge is 0.490 e. The van der Waals surface area contributed by atoms with Gasteiger partial charge in [0.1, 0.15) is 18.1 Å². The molecule has 1 aliphatic heterocycles. The molecule has 0 atom stereocenters. The lowest BCUT2D eigenvalue weighted by atomic mass is 10.1. The van der Waals surface area contributed by atoms with Crippen molar-refractivity contribution in [2.75, 3.05) is 13.2 Å². The predicted molar refractivity (Wildman–Crippen MR) is 123 cm³/mol. The number of carbonyl (C=O) groups excluding carboxylic acids is 1. The molecular formula is C24H26N2O4S. The Kier molecular flexibility index (Phi) is 6.42. The smallest absolute Gasteiger partial charge is 0.276 e. The van der Waals surface area contributed by atoms with Crippen molar-refractivity contribution in [3.8, 4) is 17.2 Å². The summed E-state index contributed by atoms with van der Waals surface area (Å²) in [6.45, 7) is 5.43. The summed E-state index contributed by atoms with van der Waals surface area (Å²) in [6.07, 6.45) is 3.84. The van der Waals surface area contributed by atoms with E-state index in [2.05, 4.69) is 5.32 Å². The number of hydrogen-bond donors (Lipinski definition) is 1. The van der Waals surface area contributed by atoms with Crippen molar-refractivity contribution in [3.63, 3.8) is 0 Å². The molecule has 1 heterocycles. The lowest BCUT2D eigenvalue weighted by Gasteiger charge is -2.13. The van der Waals surface area contributed by atoms with Crippen LogP contribution in [0.4, 0.5) is 0 Å². The Morgan fingerprint density at radius 1 is 1.06 bits per heavy atom. The van der Waals surface area contributed by atoms with Gasteiger partial charge in [0.2, 0.25) is 0 Å². The summed E-state index contributed by atoms with van der Waals surface area (Å²) in [4.78, 5) is 14.3. The molecule has 2 aromatic rings. The Morgan fingerprint density at radius 2 is 1.84 bits per heavy atom. The highest BCUT2D eigenvalue weighted by molar-refractivity contribution is 7.80. The monoisotopic (exact) mass is 438 g/mol. The van der Waals surface area contributed by atoms with E-state index < -0.39 is 0 Å². The highest BCUT2D eigenvalue weighted by atomic mass is 32.1. The maximum Gasteiger partial charge on any atom is 0.276 e. The molecule has 1 aliphatic carbocycles. The molecule has 31 heavy (non-hydrogen) atoms. The van der Waals surface area contributed by atoms with Gasteiger partial charge in [0, 0.05) is 6.04 Å². The molecule has 0 bridgehead atoms. The van der Waals surface area contributed by atoms with Gasteiger partial charge in [0.25, 0.3) is 5.91 Å². The van der Waals surface area contributed by atoms with Crippen LogP contribution in [0.3, 0.4) is 0 Å². The summed E-state index contributed by atoms with van der Waals surface area (Å²) < 4.78 is 17.3. The van der Waals surface area contributed by atoms with Crippen LogP contribution in [0.25, 0.3) is 6.08 Å². The Labute approximate surface area is 187 Å². The molecule has 0 spiro atoms. The summed E-state index contributed by atoms with van der Waals surface area (Å²) in [7, 11) is 0. The first-order valence-electron chi connectivity index (χ1n) is 10.6. The quantitative estimate of drug-likeness (QED) is 0.466. The summed E-state index contributed by atoms with van der Waals surface area (Å²) in [6, 6.07) is 13.7. The van der Waals surface area contributed by atoms with Gasteiger partial charge in [-0.05, 0) is 80.4 Å². The fourth-order valence-corrected chi connectivity index (χ4v) is 3.77. The molecule has 2 aromatic carbocycles. The number of rotatable bonds is 9. The van der Waals surface area contributed by atoms with E-state index in [1.807, 2.05) is 62.4 Å². The normalized spacial score (nSPS) is 17.1. The first-order valence-corrected chi connectivity index (χ1v) is 11.0. The maximum absolute atomic E-state index is 12.6. The zero-order chi connectivity index (χ0) is 21.8. The van der Waals surface area contributed by atoms with Crippen molar-refractivity contribution < 1.29 is 19.0 Å². The number of nitrogens with one attached hydrogen (secondary N) is 1. The van der Waals surface area contributed by atoms with Crippen molar-refractivity contribution in [2.45, 2.75) is 39.3 Å². The Morgan fingerprint density at radius 3 is 2.58 bits per heavy atom. The lowest BCUT2D eigenvalue weighted by molar-refractivity contribution is -0.122. The third-order valence-electron chi connectivity index (χ3n) is 5.00. The first-order chi connectivity index (χ1) is 15.1. The maximum atomic E-state index is 12.6. The fraction of sp³-hybridized carbons (Fsp3) is 0.333. The fourth-order valence-electron chi connectivity index (χ4n) is 3.43. The van der Waals surface area contributed by atoms with E-state index in [1.54, 1.807) is 4.90 Å². The molecule has 0 radical (unpaired) electrons. The minimum Gasteiger partial charge on any atom is -0.490 e. The van der Waals surface area contributed by atoms with Crippen LogP contribution in [-0.2, 0) is 11.4 Å². The molecule has 4 rings (SSSR count). The van der Waals surface area contributed by atoms with Gasteiger partial charge < -0.3 is 19.5 Å². The molecule has 6 nitrogen and oxygen atoms in total. The van der Waals surface area contributed by atoms with Crippen LogP contribution in [0.5, 0.6) is 17.2 Å². The van der Waals surface area contributed by atoms with Crippen LogP contribution in [0, 0.1) is 0 Å². The van der Waals surface area contributed by atoms with Crippen LogP contribution >= 0.6 is 12.2 Å². The van der Waals surface area contributed by atoms with E-state index in [1.165, 1.54) is 0 Å². The second-order valence-corrected chi connectivity index (χ2v) is 7.79. The summed E-state index contributed by atoms with van der Waals surface area (Å²) >= 11 is 5.31. The van der Waals surface area contributed by atoms with Crippen molar-refractivity contribution in [2.24, 2.45) is 0 Å². The zero-order valence-corrected chi connectivity index (χ0v) is 18.5. The minimum absolute atomic E-state index is 0.0586. The van der Waals surface area contributed by atoms with Crippen LogP contribution in [-0.4, -0.2) is 35.2 Å². The molecule has 1 saturated heterocycles. The third kappa shape index (κ3) is 4.99. The van der Waals surface area contributed by atoms with E-state index >= 15 is 0 Å². The number of amides is 1. The van der Waals surface area contributed by atoms with E-state index in [9.17, 15) is 4.79 Å². The number of benzene rings is 2. The predicted octanol–water partition coefficient (Wildman–Crippen LogP) is 4.28. The molecule has 0 aromatic heterocycles. The zero-order valence-electron chi connectivity index (χ0n) is 17.7. The number of carbonyl (C=O) groups is 1. The molecule has 162 valence electrons. The number of thiocarbonyl (C=S) groups is 1. The average Bonchev–Trinajstić information content (AvgIpc) is 3.55. The SMILES string of the molecule is CCOc1ccc(COc2cccc(/C=C3/NC(=S)N(C4CC4)C3=O)c2)cc1OCC. The highest BCUT2D eigenvalue weighted by Crippen LogP contribution is 2.31. The Balaban J connectivity index is 1.44. The van der Waals surface area contributed by atoms with Crippen LogP contribution < -0.4 is 19.5 Å². The van der Waals surface area contributed by atoms with Crippen molar-refractivity contribution >= 4 is 29.3 Å². The van der Waals surface area contributed by atoms with E-state index in [0.29, 0.717) is 42.1 Å². The van der Waals surface area contributed by atoms with Gasteiger partial charge >= 0.3 is 0 Å². The van der Waals surface area contributed by atoms with E-state index in [0.717, 1.165) is 29.7 Å². The van der Waals surface area contributed by atoms with Gasteiger partial charge in [-0.15, -0.1) is 0 Å². The molecular weight excluding hydrogens is 412 g/mol. The molecule has 2 fully saturated rings. The lowest BCUT2D eigenvalue weighted by Crippen LogP contribution is -2.32. The number of hydrogen-bond acceptors (Lipinski definition) is 5. The van der Waals surface area contributed by atoms with Crippen molar-refractivity contribution in [1.29, 1.82) is 0 Å². The summed E-state index contributed by atoms with van der Waals surface area (Å²) in [5.41, 5.74) is 2.35. The number of nitrogens with zero attached hydrogens (tertiary/aromatic N) is 1. The molecule has 1 amide bonds. The average molecular weight is 439 g/mol. The highest BCUT2D eigenvalue weighted by Gasteiger charge is 2.41. The molecule has 1 saturated carbocycles.